The van der Waals surface area contributed by atoms with Crippen molar-refractivity contribution in [2.75, 3.05) is 13.1 Å². The van der Waals surface area contributed by atoms with E-state index in [0.717, 1.165) is 25.9 Å². The molecule has 1 aliphatic heterocycles. The van der Waals surface area contributed by atoms with E-state index in [4.69, 9.17) is 0 Å². The molecule has 1 heterocycles. The molecule has 1 atom stereocenters. The lowest BCUT2D eigenvalue weighted by molar-refractivity contribution is -0.139. The van der Waals surface area contributed by atoms with E-state index < -0.39 is 0 Å². The van der Waals surface area contributed by atoms with Crippen molar-refractivity contribution in [2.24, 2.45) is 0 Å². The first kappa shape index (κ1) is 11.9. The largest absolute Gasteiger partial charge is 0.338 e. The fourth-order valence-corrected chi connectivity index (χ4v) is 3.18. The molecule has 1 saturated heterocycles. The summed E-state index contributed by atoms with van der Waals surface area (Å²) in [6.07, 6.45) is 7.11. The van der Waals surface area contributed by atoms with E-state index in [1.807, 2.05) is 0 Å². The van der Waals surface area contributed by atoms with E-state index in [1.165, 1.54) is 25.7 Å². The SMILES string of the molecule is CCN(C(=O)C1(C)CCCN1)C1CCCC1. The Bertz CT molecular complexity index is 253. The molecule has 1 saturated carbocycles. The summed E-state index contributed by atoms with van der Waals surface area (Å²) in [7, 11) is 0. The fourth-order valence-electron chi connectivity index (χ4n) is 3.18. The molecule has 1 amide bonds. The molecule has 16 heavy (non-hydrogen) atoms. The quantitative estimate of drug-likeness (QED) is 0.794. The average Bonchev–Trinajstić information content (AvgIpc) is 2.91. The van der Waals surface area contributed by atoms with E-state index in [2.05, 4.69) is 24.1 Å². The molecule has 1 unspecified atom stereocenters. The van der Waals surface area contributed by atoms with Crippen LogP contribution in [0.2, 0.25) is 0 Å². The van der Waals surface area contributed by atoms with Crippen molar-refractivity contribution < 1.29 is 4.79 Å². The molecule has 0 aromatic heterocycles. The van der Waals surface area contributed by atoms with Gasteiger partial charge in [0.2, 0.25) is 5.91 Å². The summed E-state index contributed by atoms with van der Waals surface area (Å²) in [5.41, 5.74) is -0.279. The first-order valence-corrected chi connectivity index (χ1v) is 6.73. The van der Waals surface area contributed by atoms with Crippen LogP contribution in [0.5, 0.6) is 0 Å². The summed E-state index contributed by atoms with van der Waals surface area (Å²) in [6.45, 7) is 6.03. The Balaban J connectivity index is 2.05. The molecule has 2 aliphatic rings. The number of nitrogens with one attached hydrogen (secondary N) is 1. The second kappa shape index (κ2) is 4.74. The van der Waals surface area contributed by atoms with Crippen molar-refractivity contribution in [1.82, 2.24) is 10.2 Å². The molecule has 3 heteroatoms. The van der Waals surface area contributed by atoms with Gasteiger partial charge in [-0.3, -0.25) is 4.79 Å². The van der Waals surface area contributed by atoms with Crippen LogP contribution < -0.4 is 5.32 Å². The van der Waals surface area contributed by atoms with E-state index >= 15 is 0 Å². The second-order valence-electron chi connectivity index (χ2n) is 5.39. The first-order valence-electron chi connectivity index (χ1n) is 6.73. The summed E-state index contributed by atoms with van der Waals surface area (Å²) >= 11 is 0. The highest BCUT2D eigenvalue weighted by atomic mass is 16.2. The van der Waals surface area contributed by atoms with Gasteiger partial charge >= 0.3 is 0 Å². The highest BCUT2D eigenvalue weighted by Gasteiger charge is 2.40. The van der Waals surface area contributed by atoms with Crippen LogP contribution in [0, 0.1) is 0 Å². The Morgan fingerprint density at radius 1 is 1.38 bits per heavy atom. The molecule has 92 valence electrons. The van der Waals surface area contributed by atoms with Crippen LogP contribution in [-0.4, -0.2) is 35.5 Å². The van der Waals surface area contributed by atoms with Crippen LogP contribution in [0.1, 0.15) is 52.4 Å². The summed E-state index contributed by atoms with van der Waals surface area (Å²) in [5, 5.41) is 3.38. The molecule has 2 fully saturated rings. The summed E-state index contributed by atoms with van der Waals surface area (Å²) in [5.74, 6) is 0.333. The lowest BCUT2D eigenvalue weighted by Gasteiger charge is -2.35. The van der Waals surface area contributed by atoms with Gasteiger partial charge in [0, 0.05) is 12.6 Å². The molecule has 0 aromatic rings. The minimum absolute atomic E-state index is 0.279. The monoisotopic (exact) mass is 224 g/mol. The van der Waals surface area contributed by atoms with E-state index in [1.54, 1.807) is 0 Å². The van der Waals surface area contributed by atoms with Crippen molar-refractivity contribution in [2.45, 2.75) is 64.0 Å². The molecule has 0 aromatic carbocycles. The smallest absolute Gasteiger partial charge is 0.242 e. The predicted molar refractivity (Wildman–Crippen MR) is 65.3 cm³/mol. The van der Waals surface area contributed by atoms with Crippen LogP contribution in [0.4, 0.5) is 0 Å². The van der Waals surface area contributed by atoms with E-state index in [-0.39, 0.29) is 5.54 Å². The van der Waals surface area contributed by atoms with Crippen molar-refractivity contribution in [3.05, 3.63) is 0 Å². The lowest BCUT2D eigenvalue weighted by Crippen LogP contribution is -2.55. The Morgan fingerprint density at radius 3 is 2.56 bits per heavy atom. The predicted octanol–water partition coefficient (Wildman–Crippen LogP) is 1.92. The molecule has 0 bridgehead atoms. The maximum absolute atomic E-state index is 12.5. The standard InChI is InChI=1S/C13H24N2O/c1-3-15(11-7-4-5-8-11)12(16)13(2)9-6-10-14-13/h11,14H,3-10H2,1-2H3. The zero-order valence-corrected chi connectivity index (χ0v) is 10.6. The van der Waals surface area contributed by atoms with Crippen LogP contribution in [0.15, 0.2) is 0 Å². The van der Waals surface area contributed by atoms with Crippen molar-refractivity contribution in [3.63, 3.8) is 0 Å². The first-order chi connectivity index (χ1) is 7.67. The topological polar surface area (TPSA) is 32.3 Å². The Kier molecular flexibility index (Phi) is 3.53. The third-order valence-corrected chi connectivity index (χ3v) is 4.21. The number of carbonyl (C=O) groups excluding carboxylic acids is 1. The maximum atomic E-state index is 12.5. The van der Waals surface area contributed by atoms with Crippen LogP contribution in [-0.2, 0) is 4.79 Å². The second-order valence-corrected chi connectivity index (χ2v) is 5.39. The van der Waals surface area contributed by atoms with E-state index in [0.29, 0.717) is 11.9 Å². The minimum atomic E-state index is -0.279. The van der Waals surface area contributed by atoms with Gasteiger partial charge in [0.25, 0.3) is 0 Å². The van der Waals surface area contributed by atoms with Gasteiger partial charge in [-0.2, -0.15) is 0 Å². The number of likely N-dealkylation sites (N-methyl/N-ethyl adjacent to an activating group) is 1. The lowest BCUT2D eigenvalue weighted by atomic mass is 9.97. The van der Waals surface area contributed by atoms with Crippen molar-refractivity contribution in [3.8, 4) is 0 Å². The van der Waals surface area contributed by atoms with Gasteiger partial charge in [-0.05, 0) is 46.1 Å². The van der Waals surface area contributed by atoms with Gasteiger partial charge in [0.15, 0.2) is 0 Å². The minimum Gasteiger partial charge on any atom is -0.338 e. The Labute approximate surface area is 98.6 Å². The summed E-state index contributed by atoms with van der Waals surface area (Å²) in [6, 6.07) is 0.511. The van der Waals surface area contributed by atoms with E-state index in [9.17, 15) is 4.79 Å². The number of rotatable bonds is 3. The van der Waals surface area contributed by atoms with Gasteiger partial charge in [-0.1, -0.05) is 12.8 Å². The van der Waals surface area contributed by atoms with Gasteiger partial charge in [-0.15, -0.1) is 0 Å². The number of nitrogens with zero attached hydrogens (tertiary/aromatic N) is 1. The summed E-state index contributed by atoms with van der Waals surface area (Å²) < 4.78 is 0. The zero-order chi connectivity index (χ0) is 11.6. The molecule has 0 radical (unpaired) electrons. The average molecular weight is 224 g/mol. The zero-order valence-electron chi connectivity index (χ0n) is 10.6. The van der Waals surface area contributed by atoms with Crippen LogP contribution in [0.25, 0.3) is 0 Å². The van der Waals surface area contributed by atoms with Gasteiger partial charge < -0.3 is 10.2 Å². The Morgan fingerprint density at radius 2 is 2.06 bits per heavy atom. The highest BCUT2D eigenvalue weighted by Crippen LogP contribution is 2.28. The molecule has 1 N–H and O–H groups in total. The normalized spacial score (nSPS) is 30.9. The number of amides is 1. The fraction of sp³-hybridized carbons (Fsp3) is 0.923. The number of carbonyl (C=O) groups is 1. The van der Waals surface area contributed by atoms with Crippen LogP contribution in [0.3, 0.4) is 0 Å². The van der Waals surface area contributed by atoms with Gasteiger partial charge in [0.05, 0.1) is 5.54 Å². The molecule has 1 aliphatic carbocycles. The number of hydrogen-bond acceptors (Lipinski definition) is 2. The molecular weight excluding hydrogens is 200 g/mol. The molecule has 3 nitrogen and oxygen atoms in total. The highest BCUT2D eigenvalue weighted by molar-refractivity contribution is 5.86. The maximum Gasteiger partial charge on any atom is 0.242 e. The van der Waals surface area contributed by atoms with Crippen molar-refractivity contribution in [1.29, 1.82) is 0 Å². The molecule has 2 rings (SSSR count). The van der Waals surface area contributed by atoms with Crippen molar-refractivity contribution >= 4 is 5.91 Å². The third-order valence-electron chi connectivity index (χ3n) is 4.21. The van der Waals surface area contributed by atoms with Crippen LogP contribution >= 0.6 is 0 Å². The third kappa shape index (κ3) is 2.10. The Hall–Kier alpha value is -0.570. The van der Waals surface area contributed by atoms with Gasteiger partial charge in [-0.25, -0.2) is 0 Å². The molecular formula is C13H24N2O. The number of hydrogen-bond donors (Lipinski definition) is 1. The summed E-state index contributed by atoms with van der Waals surface area (Å²) in [4.78, 5) is 14.7. The molecule has 0 spiro atoms. The van der Waals surface area contributed by atoms with Gasteiger partial charge in [0.1, 0.15) is 0 Å².